The monoisotopic (exact) mass is 464 g/mol. The fraction of sp³-hybridized carbons (Fsp3) is 0.522. The van der Waals surface area contributed by atoms with Crippen molar-refractivity contribution in [3.63, 3.8) is 0 Å². The second-order valence-corrected chi connectivity index (χ2v) is 9.05. The predicted molar refractivity (Wildman–Crippen MR) is 122 cm³/mol. The van der Waals surface area contributed by atoms with Crippen LogP contribution in [-0.4, -0.2) is 34.7 Å². The van der Waals surface area contributed by atoms with Crippen molar-refractivity contribution < 1.29 is 19.1 Å². The first-order chi connectivity index (χ1) is 15.0. The maximum absolute atomic E-state index is 12.8. The third kappa shape index (κ3) is 4.88. The van der Waals surface area contributed by atoms with E-state index in [-0.39, 0.29) is 23.4 Å². The number of carbonyl (C=O) groups excluding carboxylic acids is 2. The number of halogens is 1. The van der Waals surface area contributed by atoms with Gasteiger partial charge in [-0.15, -0.1) is 11.3 Å². The van der Waals surface area contributed by atoms with Crippen molar-refractivity contribution in [1.82, 2.24) is 9.55 Å². The van der Waals surface area contributed by atoms with Gasteiger partial charge in [0.25, 0.3) is 0 Å². The summed E-state index contributed by atoms with van der Waals surface area (Å²) < 4.78 is 12.5. The molecule has 2 heterocycles. The van der Waals surface area contributed by atoms with Gasteiger partial charge in [0, 0.05) is 16.2 Å². The minimum absolute atomic E-state index is 0.171. The lowest BCUT2D eigenvalue weighted by Crippen LogP contribution is -2.34. The van der Waals surface area contributed by atoms with Crippen molar-refractivity contribution in [2.75, 3.05) is 13.2 Å². The van der Waals surface area contributed by atoms with E-state index in [2.05, 4.69) is 11.9 Å². The Bertz CT molecular complexity index is 955. The van der Waals surface area contributed by atoms with Crippen LogP contribution in [0.2, 0.25) is 5.15 Å². The van der Waals surface area contributed by atoms with Crippen LogP contribution < -0.4 is 0 Å². The number of aryl methyl sites for hydroxylation is 1. The van der Waals surface area contributed by atoms with Gasteiger partial charge < -0.3 is 14.0 Å². The van der Waals surface area contributed by atoms with Crippen molar-refractivity contribution in [2.24, 2.45) is 0 Å². The number of aromatic nitrogens is 2. The first-order valence-corrected chi connectivity index (χ1v) is 12.0. The maximum Gasteiger partial charge on any atom is 0.358 e. The Kier molecular flexibility index (Phi) is 7.94. The minimum atomic E-state index is -0.652. The molecular formula is C23H29ClN2O4S. The molecular weight excluding hydrogens is 436 g/mol. The van der Waals surface area contributed by atoms with Gasteiger partial charge >= 0.3 is 11.9 Å². The van der Waals surface area contributed by atoms with Gasteiger partial charge in [-0.1, -0.05) is 37.1 Å². The molecule has 2 aromatic heterocycles. The Morgan fingerprint density at radius 3 is 2.52 bits per heavy atom. The van der Waals surface area contributed by atoms with Gasteiger partial charge in [0.05, 0.1) is 19.8 Å². The molecule has 0 saturated heterocycles. The van der Waals surface area contributed by atoms with E-state index in [1.807, 2.05) is 35.8 Å². The molecule has 0 aromatic carbocycles. The highest BCUT2D eigenvalue weighted by atomic mass is 35.5. The van der Waals surface area contributed by atoms with Crippen LogP contribution in [0.5, 0.6) is 0 Å². The number of ether oxygens (including phenoxy) is 2. The Hall–Kier alpha value is -2.12. The summed E-state index contributed by atoms with van der Waals surface area (Å²) >= 11 is 7.90. The summed E-state index contributed by atoms with van der Waals surface area (Å²) in [6, 6.07) is 4.00. The van der Waals surface area contributed by atoms with Crippen molar-refractivity contribution >= 4 is 34.9 Å². The summed E-state index contributed by atoms with van der Waals surface area (Å²) in [5.74, 6) is 0.116. The van der Waals surface area contributed by atoms with Gasteiger partial charge in [0.1, 0.15) is 11.2 Å². The molecule has 2 aromatic rings. The lowest BCUT2D eigenvalue weighted by molar-refractivity contribution is -0.149. The van der Waals surface area contributed by atoms with Crippen LogP contribution in [0, 0.1) is 0 Å². The molecule has 1 aliphatic carbocycles. The van der Waals surface area contributed by atoms with Gasteiger partial charge in [-0.3, -0.25) is 4.79 Å². The summed E-state index contributed by atoms with van der Waals surface area (Å²) in [4.78, 5) is 31.8. The molecule has 8 heteroatoms. The van der Waals surface area contributed by atoms with Crippen molar-refractivity contribution in [3.8, 4) is 0 Å². The van der Waals surface area contributed by atoms with E-state index in [1.54, 1.807) is 18.3 Å². The number of hydrogen-bond donors (Lipinski definition) is 0. The number of imidazole rings is 1. The van der Waals surface area contributed by atoms with Crippen LogP contribution >= 0.6 is 22.9 Å². The van der Waals surface area contributed by atoms with Crippen LogP contribution in [-0.2, 0) is 32.6 Å². The van der Waals surface area contributed by atoms with E-state index in [1.165, 1.54) is 0 Å². The van der Waals surface area contributed by atoms with Gasteiger partial charge in [0.2, 0.25) is 0 Å². The number of hydrogen-bond acceptors (Lipinski definition) is 6. The molecule has 0 unspecified atom stereocenters. The predicted octanol–water partition coefficient (Wildman–Crippen LogP) is 5.32. The zero-order valence-electron chi connectivity index (χ0n) is 18.3. The fourth-order valence-corrected chi connectivity index (χ4v) is 5.29. The summed E-state index contributed by atoms with van der Waals surface area (Å²) in [6.07, 6.45) is 8.03. The third-order valence-corrected chi connectivity index (χ3v) is 6.98. The lowest BCUT2D eigenvalue weighted by atomic mass is 9.84. The topological polar surface area (TPSA) is 70.4 Å². The number of rotatable bonds is 10. The highest BCUT2D eigenvalue weighted by molar-refractivity contribution is 7.12. The average molecular weight is 465 g/mol. The SMILES string of the molecule is CCCCc1nc(Cl)c(C(=O)OCC)n1Cc1ccc(C2(C(=O)OCC)CC=CC2)s1. The zero-order valence-corrected chi connectivity index (χ0v) is 19.9. The van der Waals surface area contributed by atoms with Gasteiger partial charge in [-0.05, 0) is 45.2 Å². The second-order valence-electron chi connectivity index (χ2n) is 7.53. The zero-order chi connectivity index (χ0) is 22.4. The van der Waals surface area contributed by atoms with Crippen molar-refractivity contribution in [2.45, 2.75) is 64.8 Å². The molecule has 0 saturated carbocycles. The molecule has 1 aliphatic rings. The smallest absolute Gasteiger partial charge is 0.358 e. The maximum atomic E-state index is 12.8. The third-order valence-electron chi connectivity index (χ3n) is 5.44. The lowest BCUT2D eigenvalue weighted by Gasteiger charge is -2.25. The Morgan fingerprint density at radius 1 is 1.16 bits per heavy atom. The van der Waals surface area contributed by atoms with E-state index < -0.39 is 11.4 Å². The van der Waals surface area contributed by atoms with Gasteiger partial charge in [-0.2, -0.15) is 0 Å². The summed E-state index contributed by atoms with van der Waals surface area (Å²) in [7, 11) is 0. The molecule has 0 N–H and O–H groups in total. The molecule has 3 rings (SSSR count). The summed E-state index contributed by atoms with van der Waals surface area (Å²) in [5, 5.41) is 0.171. The molecule has 6 nitrogen and oxygen atoms in total. The molecule has 0 spiro atoms. The number of nitrogens with zero attached hydrogens (tertiary/aromatic N) is 2. The molecule has 0 bridgehead atoms. The van der Waals surface area contributed by atoms with E-state index >= 15 is 0 Å². The Balaban J connectivity index is 1.93. The summed E-state index contributed by atoms with van der Waals surface area (Å²) in [6.45, 7) is 6.77. The minimum Gasteiger partial charge on any atom is -0.465 e. The van der Waals surface area contributed by atoms with E-state index in [4.69, 9.17) is 21.1 Å². The second kappa shape index (κ2) is 10.5. The molecule has 0 amide bonds. The average Bonchev–Trinajstić information content (AvgIpc) is 3.47. The number of esters is 2. The van der Waals surface area contributed by atoms with E-state index in [0.717, 1.165) is 34.8 Å². The standard InChI is InChI=1S/C23H29ClN2O4S/c1-4-7-10-18-25-20(24)19(21(27)29-5-2)26(18)15-16-11-12-17(31-16)23(13-8-9-14-23)22(28)30-6-3/h8-9,11-12H,4-7,10,13-15H2,1-3H3. The molecule has 0 atom stereocenters. The molecule has 0 aliphatic heterocycles. The molecule has 31 heavy (non-hydrogen) atoms. The number of unbranched alkanes of at least 4 members (excludes halogenated alkanes) is 1. The van der Waals surface area contributed by atoms with Crippen LogP contribution in [0.3, 0.4) is 0 Å². The Labute approximate surface area is 192 Å². The quantitative estimate of drug-likeness (QED) is 0.351. The first kappa shape index (κ1) is 23.5. The largest absolute Gasteiger partial charge is 0.465 e. The molecule has 0 fully saturated rings. The first-order valence-electron chi connectivity index (χ1n) is 10.8. The molecule has 0 radical (unpaired) electrons. The number of allylic oxidation sites excluding steroid dienone is 2. The Morgan fingerprint density at radius 2 is 1.87 bits per heavy atom. The summed E-state index contributed by atoms with van der Waals surface area (Å²) in [5.41, 5.74) is -0.368. The number of thiophene rings is 1. The van der Waals surface area contributed by atoms with Crippen LogP contribution in [0.1, 0.15) is 72.5 Å². The van der Waals surface area contributed by atoms with Crippen LogP contribution in [0.25, 0.3) is 0 Å². The normalized spacial score (nSPS) is 14.7. The highest BCUT2D eigenvalue weighted by Crippen LogP contribution is 2.42. The van der Waals surface area contributed by atoms with Crippen molar-refractivity contribution in [1.29, 1.82) is 0 Å². The van der Waals surface area contributed by atoms with Crippen LogP contribution in [0.4, 0.5) is 0 Å². The van der Waals surface area contributed by atoms with Gasteiger partial charge in [0.15, 0.2) is 10.8 Å². The van der Waals surface area contributed by atoms with E-state index in [9.17, 15) is 9.59 Å². The number of carbonyl (C=O) groups is 2. The van der Waals surface area contributed by atoms with E-state index in [0.29, 0.717) is 26.0 Å². The molecule has 168 valence electrons. The fourth-order valence-electron chi connectivity index (χ4n) is 3.82. The van der Waals surface area contributed by atoms with Crippen LogP contribution in [0.15, 0.2) is 24.3 Å². The van der Waals surface area contributed by atoms with Crippen molar-refractivity contribution in [3.05, 3.63) is 50.7 Å². The highest BCUT2D eigenvalue weighted by Gasteiger charge is 2.43. The van der Waals surface area contributed by atoms with Gasteiger partial charge in [-0.25, -0.2) is 9.78 Å².